The lowest BCUT2D eigenvalue weighted by Crippen LogP contribution is -2.64. The summed E-state index contributed by atoms with van der Waals surface area (Å²) in [5, 5.41) is 13.7. The van der Waals surface area contributed by atoms with Crippen molar-refractivity contribution in [2.45, 2.75) is 57.0 Å². The zero-order valence-corrected chi connectivity index (χ0v) is 23.8. The van der Waals surface area contributed by atoms with Crippen LogP contribution in [0.1, 0.15) is 35.2 Å². The van der Waals surface area contributed by atoms with E-state index in [1.807, 2.05) is 30.3 Å². The Kier molecular flexibility index (Phi) is 9.26. The van der Waals surface area contributed by atoms with E-state index in [1.54, 1.807) is 10.9 Å². The maximum absolute atomic E-state index is 14.0. The average molecular weight is 612 g/mol. The van der Waals surface area contributed by atoms with Crippen LogP contribution in [0.15, 0.2) is 60.8 Å². The summed E-state index contributed by atoms with van der Waals surface area (Å²) < 4.78 is 41.2. The van der Waals surface area contributed by atoms with Gasteiger partial charge in [-0.1, -0.05) is 53.7 Å². The molecule has 0 spiro atoms. The molecule has 1 fully saturated rings. The first-order valence-corrected chi connectivity index (χ1v) is 14.3. The first kappa shape index (κ1) is 30.7. The van der Waals surface area contributed by atoms with Crippen molar-refractivity contribution in [1.29, 1.82) is 0 Å². The highest BCUT2D eigenvalue weighted by atomic mass is 19.4. The Hall–Kier alpha value is -4.75. The quantitative estimate of drug-likeness (QED) is 0.463. The lowest BCUT2D eigenvalue weighted by Gasteiger charge is -2.42. The van der Waals surface area contributed by atoms with E-state index in [2.05, 4.69) is 20.9 Å². The molecule has 2 N–H and O–H groups in total. The van der Waals surface area contributed by atoms with Gasteiger partial charge in [-0.15, -0.1) is 5.10 Å². The third-order valence-corrected chi connectivity index (χ3v) is 7.67. The lowest BCUT2D eigenvalue weighted by molar-refractivity contribution is -0.150. The van der Waals surface area contributed by atoms with Crippen LogP contribution in [0, 0.1) is 0 Å². The van der Waals surface area contributed by atoms with Gasteiger partial charge in [0, 0.05) is 32.5 Å². The van der Waals surface area contributed by atoms with E-state index >= 15 is 0 Å². The first-order valence-electron chi connectivity index (χ1n) is 14.3. The summed E-state index contributed by atoms with van der Waals surface area (Å²) in [6, 6.07) is 11.6. The summed E-state index contributed by atoms with van der Waals surface area (Å²) in [5.74, 6) is -1.81. The topological polar surface area (TPSA) is 130 Å². The van der Waals surface area contributed by atoms with E-state index in [4.69, 9.17) is 0 Å². The van der Waals surface area contributed by atoms with Crippen LogP contribution < -0.4 is 10.6 Å². The van der Waals surface area contributed by atoms with Crippen molar-refractivity contribution in [2.24, 2.45) is 0 Å². The standard InChI is InChI=1S/C30H32F3N7O4/c31-30(32,33)22-9-4-8-21(14-22)16-27(42)38-12-13-40-25(19-38)28(43)34-17-23-18-39(37-36-23)11-5-10-26(41)35-24(29(40)44)15-20-6-2-1-3-7-20/h1-4,6-9,14,18,24-25H,5,10-13,15-17,19H2,(H,34,43)(H,35,41)/t24-,25+/m0/s1. The van der Waals surface area contributed by atoms with Crippen molar-refractivity contribution >= 4 is 23.6 Å². The van der Waals surface area contributed by atoms with Gasteiger partial charge in [0.15, 0.2) is 0 Å². The lowest BCUT2D eigenvalue weighted by atomic mass is 10.0. The van der Waals surface area contributed by atoms with Crippen LogP contribution >= 0.6 is 0 Å². The molecule has 0 radical (unpaired) electrons. The second-order valence-corrected chi connectivity index (χ2v) is 10.9. The summed E-state index contributed by atoms with van der Waals surface area (Å²) in [6.07, 6.45) is -2.40. The molecular weight excluding hydrogens is 579 g/mol. The summed E-state index contributed by atoms with van der Waals surface area (Å²) in [6.45, 7) is 0.327. The Morgan fingerprint density at radius 3 is 2.52 bits per heavy atom. The fraction of sp³-hybridized carbons (Fsp3) is 0.400. The fourth-order valence-electron chi connectivity index (χ4n) is 5.38. The molecule has 1 saturated heterocycles. The number of halogens is 3. The number of hydrogen-bond acceptors (Lipinski definition) is 6. The third kappa shape index (κ3) is 7.60. The normalized spacial score (nSPS) is 20.2. The highest BCUT2D eigenvalue weighted by Crippen LogP contribution is 2.29. The predicted molar refractivity (Wildman–Crippen MR) is 150 cm³/mol. The van der Waals surface area contributed by atoms with Crippen molar-refractivity contribution in [3.05, 3.63) is 83.2 Å². The molecule has 2 aliphatic heterocycles. The number of aryl methyl sites for hydroxylation is 1. The number of carbonyl (C=O) groups excluding carboxylic acids is 4. The Balaban J connectivity index is 1.39. The second kappa shape index (κ2) is 13.3. The van der Waals surface area contributed by atoms with Crippen LogP contribution in [-0.2, 0) is 51.3 Å². The SMILES string of the molecule is O=C1CCCn2cc(nn2)CNC(=O)[C@H]2CN(C(=O)Cc3cccc(C(F)(F)F)c3)CCN2C(=O)[C@H](Cc2ccccc2)N1. The zero-order valence-electron chi connectivity index (χ0n) is 23.8. The van der Waals surface area contributed by atoms with Gasteiger partial charge in [0.25, 0.3) is 0 Å². The molecule has 11 nitrogen and oxygen atoms in total. The highest BCUT2D eigenvalue weighted by molar-refractivity contribution is 5.93. The molecular formula is C30H32F3N7O4. The number of nitrogens with zero attached hydrogens (tertiary/aromatic N) is 5. The van der Waals surface area contributed by atoms with Crippen LogP contribution in [-0.4, -0.2) is 80.1 Å². The predicted octanol–water partition coefficient (Wildman–Crippen LogP) is 1.72. The van der Waals surface area contributed by atoms with Gasteiger partial charge in [0.1, 0.15) is 17.8 Å². The van der Waals surface area contributed by atoms with E-state index in [0.717, 1.165) is 17.7 Å². The summed E-state index contributed by atoms with van der Waals surface area (Å²) in [4.78, 5) is 56.5. The van der Waals surface area contributed by atoms with Crippen molar-refractivity contribution < 1.29 is 32.3 Å². The molecule has 2 bridgehead atoms. The molecule has 232 valence electrons. The number of carbonyl (C=O) groups is 4. The minimum atomic E-state index is -4.55. The molecule has 0 saturated carbocycles. The summed E-state index contributed by atoms with van der Waals surface area (Å²) in [5.41, 5.74) is 0.618. The van der Waals surface area contributed by atoms with E-state index in [-0.39, 0.29) is 56.9 Å². The largest absolute Gasteiger partial charge is 0.416 e. The number of piperazine rings is 1. The summed E-state index contributed by atoms with van der Waals surface area (Å²) >= 11 is 0. The van der Waals surface area contributed by atoms with Crippen LogP contribution in [0.5, 0.6) is 0 Å². The molecule has 0 unspecified atom stereocenters. The van der Waals surface area contributed by atoms with Gasteiger partial charge in [-0.25, -0.2) is 0 Å². The van der Waals surface area contributed by atoms with Crippen LogP contribution in [0.25, 0.3) is 0 Å². The Morgan fingerprint density at radius 2 is 1.75 bits per heavy atom. The van der Waals surface area contributed by atoms with Crippen LogP contribution in [0.4, 0.5) is 13.2 Å². The maximum atomic E-state index is 14.0. The second-order valence-electron chi connectivity index (χ2n) is 10.9. The fourth-order valence-corrected chi connectivity index (χ4v) is 5.38. The molecule has 2 aromatic carbocycles. The Morgan fingerprint density at radius 1 is 0.977 bits per heavy atom. The molecule has 2 aliphatic rings. The number of amides is 4. The molecule has 5 rings (SSSR count). The number of fused-ring (bicyclic) bond motifs is 3. The van der Waals surface area contributed by atoms with Gasteiger partial charge in [-0.05, 0) is 23.6 Å². The number of aromatic nitrogens is 3. The Bertz CT molecular complexity index is 1510. The maximum Gasteiger partial charge on any atom is 0.416 e. The molecule has 4 amide bonds. The van der Waals surface area contributed by atoms with E-state index in [0.29, 0.717) is 18.7 Å². The van der Waals surface area contributed by atoms with E-state index in [9.17, 15) is 32.3 Å². The van der Waals surface area contributed by atoms with Gasteiger partial charge < -0.3 is 20.4 Å². The van der Waals surface area contributed by atoms with Gasteiger partial charge >= 0.3 is 6.18 Å². The molecule has 3 heterocycles. The number of rotatable bonds is 4. The minimum Gasteiger partial charge on any atom is -0.348 e. The third-order valence-electron chi connectivity index (χ3n) is 7.67. The van der Waals surface area contributed by atoms with Gasteiger partial charge in [0.2, 0.25) is 23.6 Å². The summed E-state index contributed by atoms with van der Waals surface area (Å²) in [7, 11) is 0. The van der Waals surface area contributed by atoms with E-state index < -0.39 is 41.5 Å². The van der Waals surface area contributed by atoms with Gasteiger partial charge in [-0.3, -0.25) is 23.9 Å². The van der Waals surface area contributed by atoms with Crippen molar-refractivity contribution in [2.75, 3.05) is 19.6 Å². The van der Waals surface area contributed by atoms with E-state index in [1.165, 1.54) is 21.9 Å². The van der Waals surface area contributed by atoms with Crippen molar-refractivity contribution in [3.8, 4) is 0 Å². The molecule has 1 aromatic heterocycles. The minimum absolute atomic E-state index is 0.0113. The number of hydrogen-bond donors (Lipinski definition) is 2. The number of nitrogens with one attached hydrogen (secondary N) is 2. The van der Waals surface area contributed by atoms with Crippen LogP contribution in [0.3, 0.4) is 0 Å². The zero-order chi connectivity index (χ0) is 31.3. The van der Waals surface area contributed by atoms with Crippen molar-refractivity contribution in [1.82, 2.24) is 35.4 Å². The van der Waals surface area contributed by atoms with Gasteiger partial charge in [0.05, 0.1) is 31.3 Å². The smallest absolute Gasteiger partial charge is 0.348 e. The molecule has 44 heavy (non-hydrogen) atoms. The average Bonchev–Trinajstić information content (AvgIpc) is 3.46. The van der Waals surface area contributed by atoms with Crippen LogP contribution in [0.2, 0.25) is 0 Å². The molecule has 0 aliphatic carbocycles. The molecule has 2 atom stereocenters. The monoisotopic (exact) mass is 611 g/mol. The van der Waals surface area contributed by atoms with Crippen molar-refractivity contribution in [3.63, 3.8) is 0 Å². The molecule has 14 heteroatoms. The Labute approximate surface area is 251 Å². The van der Waals surface area contributed by atoms with Gasteiger partial charge in [-0.2, -0.15) is 13.2 Å². The number of alkyl halides is 3. The number of benzene rings is 2. The molecule has 3 aromatic rings. The highest BCUT2D eigenvalue weighted by Gasteiger charge is 2.40. The first-order chi connectivity index (χ1) is 21.1.